The number of aromatic nitrogens is 2. The van der Waals surface area contributed by atoms with Crippen LogP contribution in [-0.2, 0) is 9.53 Å². The quantitative estimate of drug-likeness (QED) is 0.727. The highest BCUT2D eigenvalue weighted by Crippen LogP contribution is 2.27. The molecule has 1 fully saturated rings. The molecule has 1 heterocycles. The van der Waals surface area contributed by atoms with Gasteiger partial charge in [0, 0.05) is 19.6 Å². The third-order valence-electron chi connectivity index (χ3n) is 4.48. The Kier molecular flexibility index (Phi) is 7.23. The summed E-state index contributed by atoms with van der Waals surface area (Å²) >= 11 is 3.30. The second-order valence-corrected chi connectivity index (χ2v) is 6.89. The molecule has 1 N–H and O–H groups in total. The Hall–Kier alpha value is -1.21. The summed E-state index contributed by atoms with van der Waals surface area (Å²) in [5.74, 6) is 1.46. The maximum atomic E-state index is 11.1. The molecule has 1 aliphatic rings. The zero-order chi connectivity index (χ0) is 16.7. The number of nitrogens with zero attached hydrogens (tertiary/aromatic N) is 3. The lowest BCUT2D eigenvalue weighted by Gasteiger charge is -2.30. The van der Waals surface area contributed by atoms with Gasteiger partial charge in [-0.1, -0.05) is 0 Å². The van der Waals surface area contributed by atoms with Crippen molar-refractivity contribution in [2.24, 2.45) is 5.92 Å². The minimum absolute atomic E-state index is 0.190. The van der Waals surface area contributed by atoms with E-state index in [2.05, 4.69) is 47.9 Å². The summed E-state index contributed by atoms with van der Waals surface area (Å²) in [4.78, 5) is 21.9. The Morgan fingerprint density at radius 1 is 1.35 bits per heavy atom. The van der Waals surface area contributed by atoms with E-state index in [9.17, 15) is 4.79 Å². The monoisotopic (exact) mass is 384 g/mol. The first-order chi connectivity index (χ1) is 11.1. The van der Waals surface area contributed by atoms with Gasteiger partial charge in [0.25, 0.3) is 0 Å². The molecule has 0 radical (unpaired) electrons. The zero-order valence-electron chi connectivity index (χ0n) is 13.8. The van der Waals surface area contributed by atoms with Crippen LogP contribution in [-0.4, -0.2) is 49.2 Å². The lowest BCUT2D eigenvalue weighted by molar-refractivity contribution is -0.139. The van der Waals surface area contributed by atoms with E-state index in [4.69, 9.17) is 0 Å². The molecule has 1 saturated carbocycles. The molecule has 0 amide bonds. The second-order valence-electron chi connectivity index (χ2n) is 6.08. The van der Waals surface area contributed by atoms with Crippen LogP contribution in [0.3, 0.4) is 0 Å². The average Bonchev–Trinajstić information content (AvgIpc) is 2.59. The minimum atomic E-state index is -0.190. The largest absolute Gasteiger partial charge is 0.468 e. The van der Waals surface area contributed by atoms with Crippen LogP contribution in [0.25, 0.3) is 0 Å². The third-order valence-corrected chi connectivity index (χ3v) is 4.89. The molecular weight excluding hydrogens is 360 g/mol. The molecule has 0 aliphatic heterocycles. The lowest BCUT2D eigenvalue weighted by Crippen LogP contribution is -2.37. The summed E-state index contributed by atoms with van der Waals surface area (Å²) in [5.41, 5.74) is 0. The molecule has 0 atom stereocenters. The number of carbonyl (C=O) groups excluding carboxylic acids is 1. The maximum Gasteiger partial charge on any atom is 0.319 e. The van der Waals surface area contributed by atoms with Gasteiger partial charge in [-0.2, -0.15) is 0 Å². The third kappa shape index (κ3) is 6.06. The van der Waals surface area contributed by atoms with E-state index in [0.717, 1.165) is 42.1 Å². The average molecular weight is 385 g/mol. The Morgan fingerprint density at radius 2 is 2.09 bits per heavy atom. The normalized spacial score (nSPS) is 21.0. The van der Waals surface area contributed by atoms with Gasteiger partial charge in [0.05, 0.1) is 26.0 Å². The first-order valence-corrected chi connectivity index (χ1v) is 8.86. The number of anilines is 1. The minimum Gasteiger partial charge on any atom is -0.468 e. The van der Waals surface area contributed by atoms with E-state index < -0.39 is 0 Å². The number of hydrogen-bond acceptors (Lipinski definition) is 6. The van der Waals surface area contributed by atoms with Crippen LogP contribution in [0.5, 0.6) is 0 Å². The van der Waals surface area contributed by atoms with Crippen LogP contribution < -0.4 is 10.2 Å². The standard InChI is InChI=1S/C16H25BrN4O2/c1-21(15-10-19-14(17)9-20-15)8-7-12-3-5-13(6-4-12)18-11-16(22)23-2/h9-10,12-13,18H,3-8,11H2,1-2H3. The molecule has 7 heteroatoms. The van der Waals surface area contributed by atoms with Crippen molar-refractivity contribution in [3.05, 3.63) is 17.0 Å². The number of halogens is 1. The molecule has 23 heavy (non-hydrogen) atoms. The van der Waals surface area contributed by atoms with Crippen LogP contribution in [0.2, 0.25) is 0 Å². The summed E-state index contributed by atoms with van der Waals surface area (Å²) in [5, 5.41) is 3.28. The Morgan fingerprint density at radius 3 is 2.70 bits per heavy atom. The van der Waals surface area contributed by atoms with Crippen LogP contribution >= 0.6 is 15.9 Å². The van der Waals surface area contributed by atoms with Gasteiger partial charge in [-0.3, -0.25) is 4.79 Å². The van der Waals surface area contributed by atoms with E-state index in [1.165, 1.54) is 20.0 Å². The first kappa shape index (κ1) is 18.1. The van der Waals surface area contributed by atoms with Crippen LogP contribution in [0, 0.1) is 5.92 Å². The van der Waals surface area contributed by atoms with Gasteiger partial charge in [0.15, 0.2) is 0 Å². The fourth-order valence-electron chi connectivity index (χ4n) is 2.95. The second kappa shape index (κ2) is 9.17. The molecule has 1 aromatic rings. The van der Waals surface area contributed by atoms with Gasteiger partial charge >= 0.3 is 5.97 Å². The van der Waals surface area contributed by atoms with Crippen molar-refractivity contribution >= 4 is 27.7 Å². The van der Waals surface area contributed by atoms with Gasteiger partial charge < -0.3 is 15.0 Å². The lowest BCUT2D eigenvalue weighted by atomic mass is 9.84. The van der Waals surface area contributed by atoms with Crippen molar-refractivity contribution in [1.29, 1.82) is 0 Å². The topological polar surface area (TPSA) is 67.3 Å². The van der Waals surface area contributed by atoms with Crippen LogP contribution in [0.4, 0.5) is 5.82 Å². The molecule has 128 valence electrons. The molecular formula is C16H25BrN4O2. The number of rotatable bonds is 7. The molecule has 1 aromatic heterocycles. The summed E-state index contributed by atoms with van der Waals surface area (Å²) in [6, 6.07) is 0.445. The SMILES string of the molecule is COC(=O)CNC1CCC(CCN(C)c2cnc(Br)cn2)CC1. The summed E-state index contributed by atoms with van der Waals surface area (Å²) in [6.45, 7) is 1.30. The fraction of sp³-hybridized carbons (Fsp3) is 0.688. The molecule has 0 spiro atoms. The van der Waals surface area contributed by atoms with Crippen LogP contribution in [0.15, 0.2) is 17.0 Å². The summed E-state index contributed by atoms with van der Waals surface area (Å²) in [6.07, 6.45) is 9.35. The molecule has 6 nitrogen and oxygen atoms in total. The van der Waals surface area contributed by atoms with Crippen molar-refractivity contribution in [2.45, 2.75) is 38.1 Å². The van der Waals surface area contributed by atoms with E-state index in [1.54, 1.807) is 12.4 Å². The fourth-order valence-corrected chi connectivity index (χ4v) is 3.15. The molecule has 0 aromatic carbocycles. The molecule has 2 rings (SSSR count). The Bertz CT molecular complexity index is 489. The molecule has 0 unspecified atom stereocenters. The molecule has 0 bridgehead atoms. The van der Waals surface area contributed by atoms with Gasteiger partial charge in [0.1, 0.15) is 10.4 Å². The van der Waals surface area contributed by atoms with Crippen molar-refractivity contribution < 1.29 is 9.53 Å². The van der Waals surface area contributed by atoms with Gasteiger partial charge in [-0.15, -0.1) is 0 Å². The first-order valence-electron chi connectivity index (χ1n) is 8.07. The van der Waals surface area contributed by atoms with E-state index in [0.29, 0.717) is 12.6 Å². The van der Waals surface area contributed by atoms with Crippen molar-refractivity contribution in [3.63, 3.8) is 0 Å². The number of hydrogen-bond donors (Lipinski definition) is 1. The molecule has 1 aliphatic carbocycles. The van der Waals surface area contributed by atoms with Crippen LogP contribution in [0.1, 0.15) is 32.1 Å². The Labute approximate surface area is 146 Å². The Balaban J connectivity index is 1.66. The van der Waals surface area contributed by atoms with Gasteiger partial charge in [-0.25, -0.2) is 9.97 Å². The highest BCUT2D eigenvalue weighted by molar-refractivity contribution is 9.10. The number of methoxy groups -OCH3 is 1. The number of esters is 1. The number of carbonyl (C=O) groups is 1. The van der Waals surface area contributed by atoms with Crippen molar-refractivity contribution in [2.75, 3.05) is 32.1 Å². The highest BCUT2D eigenvalue weighted by atomic mass is 79.9. The van der Waals surface area contributed by atoms with E-state index in [1.807, 2.05) is 0 Å². The zero-order valence-corrected chi connectivity index (χ0v) is 15.4. The number of nitrogens with one attached hydrogen (secondary N) is 1. The predicted octanol–water partition coefficient (Wildman–Crippen LogP) is 2.39. The van der Waals surface area contributed by atoms with Gasteiger partial charge in [-0.05, 0) is 54.0 Å². The highest BCUT2D eigenvalue weighted by Gasteiger charge is 2.21. The summed E-state index contributed by atoms with van der Waals surface area (Å²) in [7, 11) is 3.48. The van der Waals surface area contributed by atoms with E-state index >= 15 is 0 Å². The summed E-state index contributed by atoms with van der Waals surface area (Å²) < 4.78 is 5.41. The maximum absolute atomic E-state index is 11.1. The van der Waals surface area contributed by atoms with Crippen molar-refractivity contribution in [1.82, 2.24) is 15.3 Å². The number of ether oxygens (including phenoxy) is 1. The smallest absolute Gasteiger partial charge is 0.319 e. The van der Waals surface area contributed by atoms with E-state index in [-0.39, 0.29) is 5.97 Å². The predicted molar refractivity (Wildman–Crippen MR) is 93.4 cm³/mol. The molecule has 0 saturated heterocycles. The van der Waals surface area contributed by atoms with Crippen molar-refractivity contribution in [3.8, 4) is 0 Å². The van der Waals surface area contributed by atoms with Gasteiger partial charge in [0.2, 0.25) is 0 Å².